The minimum Gasteiger partial charge on any atom is -0.338 e. The predicted molar refractivity (Wildman–Crippen MR) is 79.6 cm³/mol. The van der Waals surface area contributed by atoms with Crippen molar-refractivity contribution in [1.82, 2.24) is 10.7 Å². The summed E-state index contributed by atoms with van der Waals surface area (Å²) in [6.07, 6.45) is 0. The van der Waals surface area contributed by atoms with Gasteiger partial charge in [0.1, 0.15) is 5.54 Å². The molecule has 0 aromatic heterocycles. The van der Waals surface area contributed by atoms with Gasteiger partial charge < -0.3 is 5.32 Å². The molecular formula is C15H21N3O2. The number of carbonyl (C=O) groups is 2. The van der Waals surface area contributed by atoms with E-state index in [0.29, 0.717) is 5.56 Å². The summed E-state index contributed by atoms with van der Waals surface area (Å²) in [5.41, 5.74) is 3.71. The summed E-state index contributed by atoms with van der Waals surface area (Å²) in [5.74, 6) is -0.651. The van der Waals surface area contributed by atoms with E-state index in [2.05, 4.69) is 15.8 Å². The first-order chi connectivity index (χ1) is 9.22. The molecule has 0 saturated heterocycles. The summed E-state index contributed by atoms with van der Waals surface area (Å²) in [7, 11) is 0. The van der Waals surface area contributed by atoms with Gasteiger partial charge in [-0.3, -0.25) is 9.59 Å². The Balaban J connectivity index is 2.74. The third-order valence-corrected chi connectivity index (χ3v) is 2.69. The van der Waals surface area contributed by atoms with Gasteiger partial charge in [0.05, 0.1) is 0 Å². The number of rotatable bonds is 4. The van der Waals surface area contributed by atoms with E-state index in [9.17, 15) is 9.59 Å². The first-order valence-electron chi connectivity index (χ1n) is 6.43. The van der Waals surface area contributed by atoms with Gasteiger partial charge in [0.25, 0.3) is 11.8 Å². The standard InChI is InChI=1S/C15H21N3O2/c1-10(2)17-18-14(20)15(4,5)16-13(19)12-8-6-11(3)7-9-12/h6-9H,1-5H3,(H,16,19)(H,18,20). The lowest BCUT2D eigenvalue weighted by Gasteiger charge is -2.24. The molecule has 5 heteroatoms. The van der Waals surface area contributed by atoms with Crippen LogP contribution in [0.2, 0.25) is 0 Å². The summed E-state index contributed by atoms with van der Waals surface area (Å²) < 4.78 is 0. The molecule has 0 radical (unpaired) electrons. The van der Waals surface area contributed by atoms with Crippen molar-refractivity contribution < 1.29 is 9.59 Å². The Hall–Kier alpha value is -2.17. The quantitative estimate of drug-likeness (QED) is 0.652. The maximum Gasteiger partial charge on any atom is 0.265 e. The van der Waals surface area contributed by atoms with Crippen LogP contribution in [0.3, 0.4) is 0 Å². The maximum atomic E-state index is 12.1. The Morgan fingerprint density at radius 2 is 1.65 bits per heavy atom. The van der Waals surface area contributed by atoms with E-state index < -0.39 is 5.54 Å². The number of nitrogens with one attached hydrogen (secondary N) is 2. The van der Waals surface area contributed by atoms with Gasteiger partial charge >= 0.3 is 0 Å². The van der Waals surface area contributed by atoms with Gasteiger partial charge in [0, 0.05) is 11.3 Å². The molecule has 108 valence electrons. The fraction of sp³-hybridized carbons (Fsp3) is 0.400. The third kappa shape index (κ3) is 4.50. The molecule has 5 nitrogen and oxygen atoms in total. The Labute approximate surface area is 119 Å². The number of aryl methyl sites for hydroxylation is 1. The monoisotopic (exact) mass is 275 g/mol. The molecule has 0 aliphatic rings. The highest BCUT2D eigenvalue weighted by atomic mass is 16.2. The lowest BCUT2D eigenvalue weighted by Crippen LogP contribution is -2.53. The van der Waals surface area contributed by atoms with Gasteiger partial charge in [0.15, 0.2) is 0 Å². The fourth-order valence-corrected chi connectivity index (χ4v) is 1.42. The van der Waals surface area contributed by atoms with Crippen LogP contribution in [0, 0.1) is 6.92 Å². The zero-order valence-corrected chi connectivity index (χ0v) is 12.6. The number of hydrogen-bond acceptors (Lipinski definition) is 3. The molecule has 0 aliphatic carbocycles. The van der Waals surface area contributed by atoms with E-state index in [1.54, 1.807) is 39.8 Å². The number of nitrogens with zero attached hydrogens (tertiary/aromatic N) is 1. The van der Waals surface area contributed by atoms with Crippen LogP contribution in [-0.2, 0) is 4.79 Å². The van der Waals surface area contributed by atoms with Crippen LogP contribution < -0.4 is 10.7 Å². The normalized spacial score (nSPS) is 10.7. The van der Waals surface area contributed by atoms with E-state index in [1.165, 1.54) is 0 Å². The Bertz CT molecular complexity index is 527. The lowest BCUT2D eigenvalue weighted by atomic mass is 10.0. The van der Waals surface area contributed by atoms with Crippen molar-refractivity contribution in [3.05, 3.63) is 35.4 Å². The van der Waals surface area contributed by atoms with Crippen LogP contribution >= 0.6 is 0 Å². The second-order valence-electron chi connectivity index (χ2n) is 5.45. The van der Waals surface area contributed by atoms with Crippen molar-refractivity contribution in [1.29, 1.82) is 0 Å². The van der Waals surface area contributed by atoms with Crippen molar-refractivity contribution >= 4 is 17.5 Å². The highest BCUT2D eigenvalue weighted by Crippen LogP contribution is 2.07. The molecule has 0 saturated carbocycles. The zero-order valence-electron chi connectivity index (χ0n) is 12.6. The topological polar surface area (TPSA) is 70.6 Å². The summed E-state index contributed by atoms with van der Waals surface area (Å²) in [6, 6.07) is 7.17. The van der Waals surface area contributed by atoms with E-state index >= 15 is 0 Å². The molecule has 2 N–H and O–H groups in total. The molecule has 0 fully saturated rings. The largest absolute Gasteiger partial charge is 0.338 e. The van der Waals surface area contributed by atoms with Crippen molar-refractivity contribution in [3.63, 3.8) is 0 Å². The Kier molecular flexibility index (Phi) is 5.02. The molecule has 0 spiro atoms. The highest BCUT2D eigenvalue weighted by molar-refractivity contribution is 5.99. The summed E-state index contributed by atoms with van der Waals surface area (Å²) >= 11 is 0. The predicted octanol–water partition coefficient (Wildman–Crippen LogP) is 2.02. The summed E-state index contributed by atoms with van der Waals surface area (Å²) in [6.45, 7) is 8.77. The van der Waals surface area contributed by atoms with Gasteiger partial charge in [-0.15, -0.1) is 0 Å². The number of amides is 2. The van der Waals surface area contributed by atoms with E-state index in [4.69, 9.17) is 0 Å². The van der Waals surface area contributed by atoms with Crippen molar-refractivity contribution in [2.24, 2.45) is 5.10 Å². The second-order valence-corrected chi connectivity index (χ2v) is 5.45. The molecule has 1 aromatic carbocycles. The SMILES string of the molecule is CC(C)=NNC(=O)C(C)(C)NC(=O)c1ccc(C)cc1. The number of hydrogen-bond donors (Lipinski definition) is 2. The zero-order chi connectivity index (χ0) is 15.3. The molecule has 20 heavy (non-hydrogen) atoms. The summed E-state index contributed by atoms with van der Waals surface area (Å²) in [5, 5.41) is 6.54. The molecule has 0 atom stereocenters. The molecule has 0 bridgehead atoms. The van der Waals surface area contributed by atoms with Gasteiger partial charge in [-0.25, -0.2) is 5.43 Å². The number of benzene rings is 1. The number of hydrazone groups is 1. The van der Waals surface area contributed by atoms with E-state index in [0.717, 1.165) is 11.3 Å². The van der Waals surface area contributed by atoms with Gasteiger partial charge in [0.2, 0.25) is 0 Å². The molecular weight excluding hydrogens is 254 g/mol. The van der Waals surface area contributed by atoms with Crippen LogP contribution in [0.1, 0.15) is 43.6 Å². The van der Waals surface area contributed by atoms with Crippen LogP contribution in [0.4, 0.5) is 0 Å². The van der Waals surface area contributed by atoms with Crippen LogP contribution in [-0.4, -0.2) is 23.1 Å². The first kappa shape index (κ1) is 15.9. The van der Waals surface area contributed by atoms with Crippen molar-refractivity contribution in [3.8, 4) is 0 Å². The highest BCUT2D eigenvalue weighted by Gasteiger charge is 2.29. The van der Waals surface area contributed by atoms with Crippen molar-refractivity contribution in [2.75, 3.05) is 0 Å². The average molecular weight is 275 g/mol. The summed E-state index contributed by atoms with van der Waals surface area (Å²) in [4.78, 5) is 24.0. The average Bonchev–Trinajstić information content (AvgIpc) is 2.35. The minimum absolute atomic E-state index is 0.289. The molecule has 0 heterocycles. The van der Waals surface area contributed by atoms with Gasteiger partial charge in [-0.1, -0.05) is 17.7 Å². The smallest absolute Gasteiger partial charge is 0.265 e. The molecule has 1 rings (SSSR count). The molecule has 1 aromatic rings. The van der Waals surface area contributed by atoms with Gasteiger partial charge in [-0.2, -0.15) is 5.10 Å². The first-order valence-corrected chi connectivity index (χ1v) is 6.43. The maximum absolute atomic E-state index is 12.1. The van der Waals surface area contributed by atoms with Crippen LogP contribution in [0.15, 0.2) is 29.4 Å². The fourth-order valence-electron chi connectivity index (χ4n) is 1.42. The van der Waals surface area contributed by atoms with Crippen LogP contribution in [0.25, 0.3) is 0 Å². The third-order valence-electron chi connectivity index (χ3n) is 2.69. The Morgan fingerprint density at radius 3 is 2.15 bits per heavy atom. The second kappa shape index (κ2) is 6.32. The van der Waals surface area contributed by atoms with E-state index in [1.807, 2.05) is 19.1 Å². The van der Waals surface area contributed by atoms with E-state index in [-0.39, 0.29) is 11.8 Å². The van der Waals surface area contributed by atoms with Crippen molar-refractivity contribution in [2.45, 2.75) is 40.2 Å². The molecule has 0 aliphatic heterocycles. The lowest BCUT2D eigenvalue weighted by molar-refractivity contribution is -0.126. The Morgan fingerprint density at radius 1 is 1.10 bits per heavy atom. The van der Waals surface area contributed by atoms with Gasteiger partial charge in [-0.05, 0) is 46.8 Å². The minimum atomic E-state index is -1.04. The molecule has 0 unspecified atom stereocenters. The number of carbonyl (C=O) groups excluding carboxylic acids is 2. The molecule has 2 amide bonds. The van der Waals surface area contributed by atoms with Crippen LogP contribution in [0.5, 0.6) is 0 Å².